The average molecular weight is 272 g/mol. The van der Waals surface area contributed by atoms with Crippen molar-refractivity contribution in [3.63, 3.8) is 0 Å². The number of nitrogens with zero attached hydrogens (tertiary/aromatic N) is 1. The number of amides is 1. The molecule has 2 heterocycles. The Labute approximate surface area is 118 Å². The second-order valence-corrected chi connectivity index (χ2v) is 5.24. The standard InChI is InChI=1S/C16H20N2O2/c1-2-20-13-7-5-9-18(11-13)16(19)15-10-12-6-3-4-8-14(12)17-15/h3-4,6,8,10,13,17H,2,5,7,9,11H2,1H3/t13-/m0/s1. The summed E-state index contributed by atoms with van der Waals surface area (Å²) in [7, 11) is 0. The van der Waals surface area contributed by atoms with Gasteiger partial charge in [-0.2, -0.15) is 0 Å². The van der Waals surface area contributed by atoms with E-state index < -0.39 is 0 Å². The lowest BCUT2D eigenvalue weighted by Crippen LogP contribution is -2.43. The molecule has 1 aromatic carbocycles. The van der Waals surface area contributed by atoms with Gasteiger partial charge < -0.3 is 14.6 Å². The minimum atomic E-state index is 0.0746. The Morgan fingerprint density at radius 1 is 1.45 bits per heavy atom. The van der Waals surface area contributed by atoms with Gasteiger partial charge in [0.1, 0.15) is 5.69 Å². The van der Waals surface area contributed by atoms with Crippen LogP contribution in [-0.4, -0.2) is 41.6 Å². The van der Waals surface area contributed by atoms with Crippen LogP contribution in [0.25, 0.3) is 10.9 Å². The predicted molar refractivity (Wildman–Crippen MR) is 78.9 cm³/mol. The van der Waals surface area contributed by atoms with Crippen molar-refractivity contribution in [2.75, 3.05) is 19.7 Å². The molecule has 0 unspecified atom stereocenters. The number of aromatic nitrogens is 1. The fourth-order valence-corrected chi connectivity index (χ4v) is 2.85. The Kier molecular flexibility index (Phi) is 3.74. The summed E-state index contributed by atoms with van der Waals surface area (Å²) < 4.78 is 5.65. The van der Waals surface area contributed by atoms with Crippen LogP contribution in [0.4, 0.5) is 0 Å². The highest BCUT2D eigenvalue weighted by Gasteiger charge is 2.25. The van der Waals surface area contributed by atoms with Crippen molar-refractivity contribution in [2.45, 2.75) is 25.9 Å². The van der Waals surface area contributed by atoms with Crippen LogP contribution in [0.2, 0.25) is 0 Å². The zero-order chi connectivity index (χ0) is 13.9. The second-order valence-electron chi connectivity index (χ2n) is 5.24. The van der Waals surface area contributed by atoms with E-state index in [0.29, 0.717) is 18.8 Å². The van der Waals surface area contributed by atoms with Gasteiger partial charge in [0.25, 0.3) is 5.91 Å². The van der Waals surface area contributed by atoms with Crippen LogP contribution in [-0.2, 0) is 4.74 Å². The highest BCUT2D eigenvalue weighted by Crippen LogP contribution is 2.19. The normalized spacial score (nSPS) is 19.4. The van der Waals surface area contributed by atoms with Gasteiger partial charge in [0, 0.05) is 30.6 Å². The molecule has 20 heavy (non-hydrogen) atoms. The molecule has 3 rings (SSSR count). The Hall–Kier alpha value is -1.81. The molecule has 1 amide bonds. The average Bonchev–Trinajstić information content (AvgIpc) is 2.91. The summed E-state index contributed by atoms with van der Waals surface area (Å²) in [6, 6.07) is 9.89. The van der Waals surface area contributed by atoms with Gasteiger partial charge in [-0.1, -0.05) is 18.2 Å². The van der Waals surface area contributed by atoms with Crippen LogP contribution in [0.1, 0.15) is 30.3 Å². The van der Waals surface area contributed by atoms with E-state index in [4.69, 9.17) is 4.74 Å². The SMILES string of the molecule is CCO[C@H]1CCCN(C(=O)c2cc3ccccc3[nH]2)C1. The van der Waals surface area contributed by atoms with E-state index in [2.05, 4.69) is 4.98 Å². The molecule has 1 aliphatic rings. The number of fused-ring (bicyclic) bond motifs is 1. The number of carbonyl (C=O) groups excluding carboxylic acids is 1. The summed E-state index contributed by atoms with van der Waals surface area (Å²) in [4.78, 5) is 17.7. The van der Waals surface area contributed by atoms with Gasteiger partial charge in [0.05, 0.1) is 6.10 Å². The number of benzene rings is 1. The van der Waals surface area contributed by atoms with E-state index in [9.17, 15) is 4.79 Å². The van der Waals surface area contributed by atoms with Gasteiger partial charge in [-0.05, 0) is 31.9 Å². The minimum Gasteiger partial charge on any atom is -0.377 e. The Morgan fingerprint density at radius 2 is 2.30 bits per heavy atom. The van der Waals surface area contributed by atoms with Crippen LogP contribution < -0.4 is 0 Å². The number of hydrogen-bond acceptors (Lipinski definition) is 2. The maximum atomic E-state index is 12.6. The lowest BCUT2D eigenvalue weighted by atomic mass is 10.1. The van der Waals surface area contributed by atoms with Crippen molar-refractivity contribution >= 4 is 16.8 Å². The van der Waals surface area contributed by atoms with Gasteiger partial charge in [-0.25, -0.2) is 0 Å². The Morgan fingerprint density at radius 3 is 3.10 bits per heavy atom. The lowest BCUT2D eigenvalue weighted by molar-refractivity contribution is 0.00707. The predicted octanol–water partition coefficient (Wildman–Crippen LogP) is 2.81. The second kappa shape index (κ2) is 5.67. The first-order valence-corrected chi connectivity index (χ1v) is 7.26. The first kappa shape index (κ1) is 13.2. The first-order valence-electron chi connectivity index (χ1n) is 7.26. The molecular weight excluding hydrogens is 252 g/mol. The summed E-state index contributed by atoms with van der Waals surface area (Å²) in [6.45, 7) is 4.22. The molecule has 0 saturated carbocycles. The Balaban J connectivity index is 1.77. The molecular formula is C16H20N2O2. The van der Waals surface area contributed by atoms with Crippen LogP contribution in [0.3, 0.4) is 0 Å². The third-order valence-electron chi connectivity index (χ3n) is 3.83. The summed E-state index contributed by atoms with van der Waals surface area (Å²) in [5.74, 6) is 0.0746. The van der Waals surface area contributed by atoms with Gasteiger partial charge in [0.15, 0.2) is 0 Å². The number of para-hydroxylation sites is 1. The van der Waals surface area contributed by atoms with Crippen molar-refractivity contribution < 1.29 is 9.53 Å². The molecule has 1 aromatic heterocycles. The van der Waals surface area contributed by atoms with Gasteiger partial charge in [-0.3, -0.25) is 4.79 Å². The van der Waals surface area contributed by atoms with Crippen molar-refractivity contribution in [2.24, 2.45) is 0 Å². The monoisotopic (exact) mass is 272 g/mol. The number of ether oxygens (including phenoxy) is 1. The molecule has 4 heteroatoms. The number of H-pyrrole nitrogens is 1. The molecule has 1 atom stereocenters. The van der Waals surface area contributed by atoms with Gasteiger partial charge in [-0.15, -0.1) is 0 Å². The smallest absolute Gasteiger partial charge is 0.270 e. The van der Waals surface area contributed by atoms with Crippen molar-refractivity contribution in [1.29, 1.82) is 0 Å². The molecule has 0 bridgehead atoms. The molecule has 4 nitrogen and oxygen atoms in total. The molecule has 1 fully saturated rings. The van der Waals surface area contributed by atoms with Gasteiger partial charge in [0.2, 0.25) is 0 Å². The summed E-state index contributed by atoms with van der Waals surface area (Å²) in [5, 5.41) is 1.08. The highest BCUT2D eigenvalue weighted by molar-refractivity contribution is 5.98. The lowest BCUT2D eigenvalue weighted by Gasteiger charge is -2.32. The fourth-order valence-electron chi connectivity index (χ4n) is 2.85. The minimum absolute atomic E-state index is 0.0746. The summed E-state index contributed by atoms with van der Waals surface area (Å²) >= 11 is 0. The van der Waals surface area contributed by atoms with E-state index in [1.807, 2.05) is 42.2 Å². The molecule has 0 aliphatic carbocycles. The van der Waals surface area contributed by atoms with Crippen LogP contribution in [0.5, 0.6) is 0 Å². The molecule has 1 aliphatic heterocycles. The van der Waals surface area contributed by atoms with Crippen LogP contribution >= 0.6 is 0 Å². The largest absolute Gasteiger partial charge is 0.377 e. The van der Waals surface area contributed by atoms with Crippen molar-refractivity contribution in [3.05, 3.63) is 36.0 Å². The van der Waals surface area contributed by atoms with Crippen LogP contribution in [0.15, 0.2) is 30.3 Å². The first-order chi connectivity index (χ1) is 9.78. The zero-order valence-corrected chi connectivity index (χ0v) is 11.8. The summed E-state index contributed by atoms with van der Waals surface area (Å²) in [5.41, 5.74) is 1.68. The fraction of sp³-hybridized carbons (Fsp3) is 0.438. The van der Waals surface area contributed by atoms with E-state index in [-0.39, 0.29) is 12.0 Å². The third-order valence-corrected chi connectivity index (χ3v) is 3.83. The number of aromatic amines is 1. The van der Waals surface area contributed by atoms with E-state index in [1.165, 1.54) is 0 Å². The van der Waals surface area contributed by atoms with Crippen molar-refractivity contribution in [1.82, 2.24) is 9.88 Å². The quantitative estimate of drug-likeness (QED) is 0.933. The van der Waals surface area contributed by atoms with Crippen LogP contribution in [0, 0.1) is 0 Å². The topological polar surface area (TPSA) is 45.3 Å². The number of piperidine rings is 1. The molecule has 106 valence electrons. The summed E-state index contributed by atoms with van der Waals surface area (Å²) in [6.07, 6.45) is 2.24. The number of carbonyl (C=O) groups is 1. The third kappa shape index (κ3) is 2.56. The van der Waals surface area contributed by atoms with E-state index in [1.54, 1.807) is 0 Å². The maximum Gasteiger partial charge on any atom is 0.270 e. The molecule has 1 N–H and O–H groups in total. The number of likely N-dealkylation sites (tertiary alicyclic amines) is 1. The maximum absolute atomic E-state index is 12.6. The Bertz CT molecular complexity index is 570. The van der Waals surface area contributed by atoms with E-state index >= 15 is 0 Å². The van der Waals surface area contributed by atoms with Gasteiger partial charge >= 0.3 is 0 Å². The number of hydrogen-bond donors (Lipinski definition) is 1. The molecule has 1 saturated heterocycles. The van der Waals surface area contributed by atoms with Crippen molar-refractivity contribution in [3.8, 4) is 0 Å². The highest BCUT2D eigenvalue weighted by atomic mass is 16.5. The molecule has 0 spiro atoms. The molecule has 2 aromatic rings. The zero-order valence-electron chi connectivity index (χ0n) is 11.8. The number of rotatable bonds is 3. The number of nitrogens with one attached hydrogen (secondary N) is 1. The molecule has 0 radical (unpaired) electrons. The van der Waals surface area contributed by atoms with E-state index in [0.717, 1.165) is 30.3 Å².